The quantitative estimate of drug-likeness (QED) is 0.937. The van der Waals surface area contributed by atoms with Crippen molar-refractivity contribution >= 4 is 38.6 Å². The second kappa shape index (κ2) is 4.91. The highest BCUT2D eigenvalue weighted by Crippen LogP contribution is 2.28. The normalized spacial score (nSPS) is 11.5. The van der Waals surface area contributed by atoms with E-state index in [4.69, 9.17) is 11.6 Å². The summed E-state index contributed by atoms with van der Waals surface area (Å²) in [6.45, 7) is 3.78. The van der Waals surface area contributed by atoms with E-state index in [0.717, 1.165) is 22.5 Å². The van der Waals surface area contributed by atoms with Crippen molar-refractivity contribution in [3.8, 4) is 0 Å². The smallest absolute Gasteiger partial charge is 0.271 e. The van der Waals surface area contributed by atoms with Crippen LogP contribution in [0.1, 0.15) is 11.1 Å². The lowest BCUT2D eigenvalue weighted by Gasteiger charge is -2.09. The van der Waals surface area contributed by atoms with Crippen LogP contribution in [0.3, 0.4) is 0 Å². The van der Waals surface area contributed by atoms with Crippen molar-refractivity contribution in [3.63, 3.8) is 0 Å². The molecule has 1 heterocycles. The lowest BCUT2D eigenvalue weighted by Crippen LogP contribution is -2.12. The number of benzene rings is 1. The summed E-state index contributed by atoms with van der Waals surface area (Å²) in [5.74, 6) is 0. The molecule has 1 aromatic heterocycles. The van der Waals surface area contributed by atoms with E-state index in [0.29, 0.717) is 10.0 Å². The Hall–Kier alpha value is -1.04. The minimum absolute atomic E-state index is 0.216. The van der Waals surface area contributed by atoms with Crippen molar-refractivity contribution < 1.29 is 8.42 Å². The van der Waals surface area contributed by atoms with Gasteiger partial charge in [0.1, 0.15) is 4.21 Å². The molecule has 0 atom stereocenters. The fourth-order valence-electron chi connectivity index (χ4n) is 1.48. The van der Waals surface area contributed by atoms with Crippen molar-refractivity contribution in [2.45, 2.75) is 18.1 Å². The molecule has 0 bridgehead atoms. The summed E-state index contributed by atoms with van der Waals surface area (Å²) in [5.41, 5.74) is 2.48. The van der Waals surface area contributed by atoms with Crippen LogP contribution in [0.25, 0.3) is 0 Å². The molecule has 96 valence electrons. The van der Waals surface area contributed by atoms with E-state index in [2.05, 4.69) is 4.72 Å². The van der Waals surface area contributed by atoms with Gasteiger partial charge in [0.15, 0.2) is 0 Å². The number of rotatable bonds is 3. The zero-order valence-corrected chi connectivity index (χ0v) is 12.3. The highest BCUT2D eigenvalue weighted by atomic mass is 35.5. The van der Waals surface area contributed by atoms with E-state index in [9.17, 15) is 8.42 Å². The molecular weight excluding hydrogens is 290 g/mol. The number of nitrogens with one attached hydrogen (secondary N) is 1. The molecule has 0 fully saturated rings. The maximum Gasteiger partial charge on any atom is 0.271 e. The molecule has 0 spiro atoms. The first-order valence-electron chi connectivity index (χ1n) is 5.24. The van der Waals surface area contributed by atoms with E-state index in [1.165, 1.54) is 6.07 Å². The van der Waals surface area contributed by atoms with Crippen LogP contribution in [0.4, 0.5) is 5.69 Å². The Morgan fingerprint density at radius 2 is 1.89 bits per heavy atom. The minimum atomic E-state index is -3.55. The van der Waals surface area contributed by atoms with Gasteiger partial charge in [0.25, 0.3) is 10.0 Å². The second-order valence-corrected chi connectivity index (χ2v) is 7.61. The lowest BCUT2D eigenvalue weighted by atomic mass is 10.1. The number of thiophene rings is 1. The minimum Gasteiger partial charge on any atom is -0.279 e. The number of halogens is 1. The molecule has 0 radical (unpaired) electrons. The van der Waals surface area contributed by atoms with Crippen molar-refractivity contribution in [1.29, 1.82) is 0 Å². The fourth-order valence-corrected chi connectivity index (χ4v) is 4.09. The van der Waals surface area contributed by atoms with Crippen LogP contribution in [0, 0.1) is 13.8 Å². The molecular formula is C12H12ClNO2S2. The monoisotopic (exact) mass is 301 g/mol. The largest absolute Gasteiger partial charge is 0.279 e. The molecule has 2 rings (SSSR count). The molecule has 0 saturated carbocycles. The molecule has 0 unspecified atom stereocenters. The number of hydrogen-bond donors (Lipinski definition) is 1. The van der Waals surface area contributed by atoms with Gasteiger partial charge in [0.2, 0.25) is 0 Å². The molecule has 6 heteroatoms. The number of anilines is 1. The van der Waals surface area contributed by atoms with Crippen LogP contribution in [0.15, 0.2) is 34.5 Å². The Morgan fingerprint density at radius 1 is 1.17 bits per heavy atom. The molecule has 0 saturated heterocycles. The Balaban J connectivity index is 2.36. The van der Waals surface area contributed by atoms with Crippen LogP contribution >= 0.6 is 22.9 Å². The van der Waals surface area contributed by atoms with Gasteiger partial charge in [-0.05, 0) is 43.2 Å². The standard InChI is InChI=1S/C12H12ClNO2S2/c1-8-3-4-9(2)10(7-8)14-18(15,16)12-6-5-11(13)17-12/h3-7,14H,1-2H3. The average Bonchev–Trinajstić information content (AvgIpc) is 2.71. The second-order valence-electron chi connectivity index (χ2n) is 3.98. The van der Waals surface area contributed by atoms with Crippen LogP contribution in [0.5, 0.6) is 0 Å². The highest BCUT2D eigenvalue weighted by Gasteiger charge is 2.17. The van der Waals surface area contributed by atoms with Gasteiger partial charge in [-0.2, -0.15) is 0 Å². The van der Waals surface area contributed by atoms with Gasteiger partial charge in [0.05, 0.1) is 10.0 Å². The summed E-state index contributed by atoms with van der Waals surface area (Å²) in [7, 11) is -3.55. The summed E-state index contributed by atoms with van der Waals surface area (Å²) in [4.78, 5) is 0. The van der Waals surface area contributed by atoms with Gasteiger partial charge in [-0.25, -0.2) is 8.42 Å². The molecule has 1 aromatic carbocycles. The fraction of sp³-hybridized carbons (Fsp3) is 0.167. The molecule has 2 aromatic rings. The lowest BCUT2D eigenvalue weighted by molar-refractivity contribution is 0.603. The number of sulfonamides is 1. The van der Waals surface area contributed by atoms with Crippen LogP contribution in [0.2, 0.25) is 4.34 Å². The third-order valence-electron chi connectivity index (χ3n) is 2.45. The van der Waals surface area contributed by atoms with Crippen LogP contribution in [-0.2, 0) is 10.0 Å². The van der Waals surface area contributed by atoms with E-state index in [1.807, 2.05) is 32.0 Å². The van der Waals surface area contributed by atoms with Gasteiger partial charge < -0.3 is 0 Å². The molecule has 1 N–H and O–H groups in total. The van der Waals surface area contributed by atoms with E-state index < -0.39 is 10.0 Å². The van der Waals surface area contributed by atoms with E-state index >= 15 is 0 Å². The Kier molecular flexibility index (Phi) is 3.66. The summed E-state index contributed by atoms with van der Waals surface area (Å²) in [6.07, 6.45) is 0. The highest BCUT2D eigenvalue weighted by molar-refractivity contribution is 7.94. The van der Waals surface area contributed by atoms with Crippen LogP contribution < -0.4 is 4.72 Å². The van der Waals surface area contributed by atoms with Gasteiger partial charge in [0, 0.05) is 0 Å². The molecule has 0 aliphatic heterocycles. The van der Waals surface area contributed by atoms with Gasteiger partial charge in [-0.1, -0.05) is 23.7 Å². The van der Waals surface area contributed by atoms with E-state index in [-0.39, 0.29) is 4.21 Å². The first kappa shape index (κ1) is 13.4. The van der Waals surface area contributed by atoms with Crippen molar-refractivity contribution in [2.24, 2.45) is 0 Å². The third kappa shape index (κ3) is 2.85. The molecule has 0 amide bonds. The van der Waals surface area contributed by atoms with Gasteiger partial charge >= 0.3 is 0 Å². The maximum atomic E-state index is 12.1. The zero-order chi connectivity index (χ0) is 13.3. The van der Waals surface area contributed by atoms with Crippen molar-refractivity contribution in [3.05, 3.63) is 45.8 Å². The molecule has 0 aliphatic carbocycles. The van der Waals surface area contributed by atoms with E-state index in [1.54, 1.807) is 6.07 Å². The van der Waals surface area contributed by atoms with Crippen molar-refractivity contribution in [2.75, 3.05) is 4.72 Å². The first-order chi connectivity index (χ1) is 8.38. The Bertz CT molecular complexity index is 677. The predicted molar refractivity (Wildman–Crippen MR) is 76.1 cm³/mol. The average molecular weight is 302 g/mol. The Morgan fingerprint density at radius 3 is 2.50 bits per heavy atom. The summed E-state index contributed by atoms with van der Waals surface area (Å²) >= 11 is 6.79. The summed E-state index contributed by atoms with van der Waals surface area (Å²) in [5, 5.41) is 0. The predicted octanol–water partition coefficient (Wildman–Crippen LogP) is 3.82. The topological polar surface area (TPSA) is 46.2 Å². The van der Waals surface area contributed by atoms with Crippen LogP contribution in [-0.4, -0.2) is 8.42 Å². The number of aryl methyl sites for hydroxylation is 2. The van der Waals surface area contributed by atoms with Crippen molar-refractivity contribution in [1.82, 2.24) is 0 Å². The maximum absolute atomic E-state index is 12.1. The summed E-state index contributed by atoms with van der Waals surface area (Å²) in [6, 6.07) is 8.70. The third-order valence-corrected chi connectivity index (χ3v) is 5.54. The van der Waals surface area contributed by atoms with Gasteiger partial charge in [-0.3, -0.25) is 4.72 Å². The molecule has 3 nitrogen and oxygen atoms in total. The summed E-state index contributed by atoms with van der Waals surface area (Å²) < 4.78 is 27.5. The number of hydrogen-bond acceptors (Lipinski definition) is 3. The molecule has 0 aliphatic rings. The zero-order valence-electron chi connectivity index (χ0n) is 9.90. The Labute approximate surface area is 115 Å². The first-order valence-corrected chi connectivity index (χ1v) is 7.92. The SMILES string of the molecule is Cc1ccc(C)c(NS(=O)(=O)c2ccc(Cl)s2)c1. The molecule has 18 heavy (non-hydrogen) atoms. The van der Waals surface area contributed by atoms with Gasteiger partial charge in [-0.15, -0.1) is 11.3 Å².